The SMILES string of the molecule is Cc1ccc(C)c(Nc2cccc(Cl)n2)c1. The highest BCUT2D eigenvalue weighted by molar-refractivity contribution is 6.29. The van der Waals surface area contributed by atoms with E-state index in [4.69, 9.17) is 11.6 Å². The molecule has 0 atom stereocenters. The van der Waals surface area contributed by atoms with E-state index < -0.39 is 0 Å². The maximum atomic E-state index is 5.83. The second kappa shape index (κ2) is 4.54. The van der Waals surface area contributed by atoms with E-state index in [0.29, 0.717) is 5.15 Å². The van der Waals surface area contributed by atoms with Gasteiger partial charge in [0.25, 0.3) is 0 Å². The molecule has 2 aromatic rings. The fourth-order valence-electron chi connectivity index (χ4n) is 1.49. The Kier molecular flexibility index (Phi) is 3.11. The van der Waals surface area contributed by atoms with Crippen LogP contribution >= 0.6 is 11.6 Å². The van der Waals surface area contributed by atoms with Crippen molar-refractivity contribution in [3.05, 3.63) is 52.7 Å². The largest absolute Gasteiger partial charge is 0.340 e. The standard InChI is InChI=1S/C13H13ClN2/c1-9-6-7-10(2)11(8-9)15-13-5-3-4-12(14)16-13/h3-8H,1-2H3,(H,15,16). The van der Waals surface area contributed by atoms with Crippen LogP contribution in [0.15, 0.2) is 36.4 Å². The summed E-state index contributed by atoms with van der Waals surface area (Å²) in [5, 5.41) is 3.75. The Morgan fingerprint density at radius 2 is 1.94 bits per heavy atom. The summed E-state index contributed by atoms with van der Waals surface area (Å²) in [5.74, 6) is 0.765. The van der Waals surface area contributed by atoms with Gasteiger partial charge in [0.2, 0.25) is 0 Å². The summed E-state index contributed by atoms with van der Waals surface area (Å²) in [6.45, 7) is 4.13. The lowest BCUT2D eigenvalue weighted by atomic mass is 10.1. The summed E-state index contributed by atoms with van der Waals surface area (Å²) in [6.07, 6.45) is 0. The quantitative estimate of drug-likeness (QED) is 0.789. The van der Waals surface area contributed by atoms with Crippen molar-refractivity contribution in [3.63, 3.8) is 0 Å². The van der Waals surface area contributed by atoms with Crippen LogP contribution in [0.1, 0.15) is 11.1 Å². The smallest absolute Gasteiger partial charge is 0.132 e. The van der Waals surface area contributed by atoms with Gasteiger partial charge in [0.15, 0.2) is 0 Å². The molecule has 0 aliphatic heterocycles. The molecule has 1 aromatic carbocycles. The monoisotopic (exact) mass is 232 g/mol. The summed E-state index contributed by atoms with van der Waals surface area (Å²) >= 11 is 5.83. The van der Waals surface area contributed by atoms with Gasteiger partial charge < -0.3 is 5.32 Å². The molecule has 82 valence electrons. The van der Waals surface area contributed by atoms with E-state index >= 15 is 0 Å². The summed E-state index contributed by atoms with van der Waals surface area (Å²) in [5.41, 5.74) is 3.47. The number of aromatic nitrogens is 1. The normalized spacial score (nSPS) is 10.2. The Morgan fingerprint density at radius 1 is 1.12 bits per heavy atom. The van der Waals surface area contributed by atoms with Crippen molar-refractivity contribution in [2.24, 2.45) is 0 Å². The molecule has 0 aliphatic carbocycles. The van der Waals surface area contributed by atoms with Crippen molar-refractivity contribution in [2.75, 3.05) is 5.32 Å². The summed E-state index contributed by atoms with van der Waals surface area (Å²) in [6, 6.07) is 11.8. The number of nitrogens with zero attached hydrogens (tertiary/aromatic N) is 1. The number of halogens is 1. The van der Waals surface area contributed by atoms with E-state index in [1.54, 1.807) is 6.07 Å². The predicted molar refractivity (Wildman–Crippen MR) is 68.4 cm³/mol. The number of benzene rings is 1. The average molecular weight is 233 g/mol. The second-order valence-electron chi connectivity index (χ2n) is 3.79. The maximum Gasteiger partial charge on any atom is 0.132 e. The van der Waals surface area contributed by atoms with Crippen LogP contribution in [0.5, 0.6) is 0 Å². The topological polar surface area (TPSA) is 24.9 Å². The van der Waals surface area contributed by atoms with Gasteiger partial charge in [-0.3, -0.25) is 0 Å². The van der Waals surface area contributed by atoms with Gasteiger partial charge in [0.1, 0.15) is 11.0 Å². The highest BCUT2D eigenvalue weighted by Gasteiger charge is 2.00. The van der Waals surface area contributed by atoms with Gasteiger partial charge in [0.05, 0.1) is 0 Å². The summed E-state index contributed by atoms with van der Waals surface area (Å²) < 4.78 is 0. The Bertz CT molecular complexity index is 509. The number of rotatable bonds is 2. The molecular weight excluding hydrogens is 220 g/mol. The summed E-state index contributed by atoms with van der Waals surface area (Å²) in [7, 11) is 0. The van der Waals surface area contributed by atoms with Crippen LogP contribution in [0.2, 0.25) is 5.15 Å². The van der Waals surface area contributed by atoms with Gasteiger partial charge in [-0.2, -0.15) is 0 Å². The molecule has 0 fully saturated rings. The van der Waals surface area contributed by atoms with Crippen molar-refractivity contribution < 1.29 is 0 Å². The minimum atomic E-state index is 0.496. The second-order valence-corrected chi connectivity index (χ2v) is 4.18. The number of pyridine rings is 1. The molecule has 0 amide bonds. The minimum absolute atomic E-state index is 0.496. The maximum absolute atomic E-state index is 5.83. The first-order valence-electron chi connectivity index (χ1n) is 5.12. The zero-order valence-electron chi connectivity index (χ0n) is 9.29. The molecule has 0 spiro atoms. The first-order chi connectivity index (χ1) is 7.65. The third-order valence-electron chi connectivity index (χ3n) is 2.37. The molecule has 1 N–H and O–H groups in total. The van der Waals surface area contributed by atoms with Gasteiger partial charge in [-0.15, -0.1) is 0 Å². The fourth-order valence-corrected chi connectivity index (χ4v) is 1.65. The molecule has 16 heavy (non-hydrogen) atoms. The van der Waals surface area contributed by atoms with E-state index in [1.165, 1.54) is 11.1 Å². The van der Waals surface area contributed by atoms with Crippen LogP contribution in [0.4, 0.5) is 11.5 Å². The van der Waals surface area contributed by atoms with Gasteiger partial charge in [0, 0.05) is 5.69 Å². The van der Waals surface area contributed by atoms with Crippen LogP contribution in [-0.2, 0) is 0 Å². The Labute approximate surface area is 100 Å². The average Bonchev–Trinajstić information content (AvgIpc) is 2.24. The third-order valence-corrected chi connectivity index (χ3v) is 2.58. The summed E-state index contributed by atoms with van der Waals surface area (Å²) in [4.78, 5) is 4.19. The molecule has 1 aromatic heterocycles. The predicted octanol–water partition coefficient (Wildman–Crippen LogP) is 4.10. The zero-order valence-corrected chi connectivity index (χ0v) is 10.0. The molecule has 0 radical (unpaired) electrons. The first-order valence-corrected chi connectivity index (χ1v) is 5.50. The lowest BCUT2D eigenvalue weighted by Gasteiger charge is -2.09. The highest BCUT2D eigenvalue weighted by atomic mass is 35.5. The number of aryl methyl sites for hydroxylation is 2. The molecule has 0 aliphatic rings. The van der Waals surface area contributed by atoms with E-state index in [1.807, 2.05) is 12.1 Å². The number of nitrogens with one attached hydrogen (secondary N) is 1. The molecule has 0 saturated carbocycles. The van der Waals surface area contributed by atoms with Crippen molar-refractivity contribution in [1.82, 2.24) is 4.98 Å². The molecule has 0 saturated heterocycles. The minimum Gasteiger partial charge on any atom is -0.340 e. The lowest BCUT2D eigenvalue weighted by molar-refractivity contribution is 1.29. The molecule has 1 heterocycles. The van der Waals surface area contributed by atoms with E-state index in [9.17, 15) is 0 Å². The first kappa shape index (κ1) is 11.0. The highest BCUT2D eigenvalue weighted by Crippen LogP contribution is 2.21. The van der Waals surface area contributed by atoms with E-state index in [0.717, 1.165) is 11.5 Å². The fraction of sp³-hybridized carbons (Fsp3) is 0.154. The van der Waals surface area contributed by atoms with Crippen LogP contribution in [0.3, 0.4) is 0 Å². The lowest BCUT2D eigenvalue weighted by Crippen LogP contribution is -1.95. The van der Waals surface area contributed by atoms with Crippen molar-refractivity contribution in [1.29, 1.82) is 0 Å². The van der Waals surface area contributed by atoms with Crippen molar-refractivity contribution >= 4 is 23.1 Å². The molecular formula is C13H13ClN2. The van der Waals surface area contributed by atoms with Gasteiger partial charge in [-0.25, -0.2) is 4.98 Å². The van der Waals surface area contributed by atoms with E-state index in [-0.39, 0.29) is 0 Å². The van der Waals surface area contributed by atoms with Crippen molar-refractivity contribution in [2.45, 2.75) is 13.8 Å². The van der Waals surface area contributed by atoms with Crippen molar-refractivity contribution in [3.8, 4) is 0 Å². The Morgan fingerprint density at radius 3 is 2.69 bits per heavy atom. The Balaban J connectivity index is 2.30. The van der Waals surface area contributed by atoms with Gasteiger partial charge in [-0.1, -0.05) is 29.8 Å². The molecule has 0 bridgehead atoms. The van der Waals surface area contributed by atoms with Gasteiger partial charge >= 0.3 is 0 Å². The number of hydrogen-bond acceptors (Lipinski definition) is 2. The molecule has 0 unspecified atom stereocenters. The third kappa shape index (κ3) is 2.52. The van der Waals surface area contributed by atoms with Crippen LogP contribution < -0.4 is 5.32 Å². The molecule has 3 heteroatoms. The van der Waals surface area contributed by atoms with E-state index in [2.05, 4.69) is 42.3 Å². The molecule has 2 rings (SSSR count). The van der Waals surface area contributed by atoms with Crippen LogP contribution in [-0.4, -0.2) is 4.98 Å². The van der Waals surface area contributed by atoms with Crippen LogP contribution in [0.25, 0.3) is 0 Å². The Hall–Kier alpha value is -1.54. The van der Waals surface area contributed by atoms with Gasteiger partial charge in [-0.05, 0) is 43.2 Å². The molecule has 2 nitrogen and oxygen atoms in total. The zero-order chi connectivity index (χ0) is 11.5. The number of hydrogen-bond donors (Lipinski definition) is 1. The number of anilines is 2. The van der Waals surface area contributed by atoms with Crippen LogP contribution in [0, 0.1) is 13.8 Å².